The number of hydrazine groups is 1. The summed E-state index contributed by atoms with van der Waals surface area (Å²) in [6.45, 7) is 0. The number of carbonyl (C=O) groups is 1. The molecular formula is C14H10BrN3O2. The predicted molar refractivity (Wildman–Crippen MR) is 78.8 cm³/mol. The number of fused-ring (bicyclic) bond motifs is 1. The lowest BCUT2D eigenvalue weighted by molar-refractivity contribution is 0.0954. The van der Waals surface area contributed by atoms with Crippen LogP contribution in [0.4, 0.5) is 0 Å². The van der Waals surface area contributed by atoms with Crippen LogP contribution in [-0.4, -0.2) is 10.9 Å². The first kappa shape index (κ1) is 12.8. The Morgan fingerprint density at radius 1 is 1.25 bits per heavy atom. The quantitative estimate of drug-likeness (QED) is 0.430. The van der Waals surface area contributed by atoms with Gasteiger partial charge in [-0.2, -0.15) is 0 Å². The average Bonchev–Trinajstić information content (AvgIpc) is 2.89. The Kier molecular flexibility index (Phi) is 3.25. The molecule has 0 unspecified atom stereocenters. The number of benzene rings is 2. The van der Waals surface area contributed by atoms with E-state index in [0.717, 1.165) is 10.0 Å². The molecule has 1 heterocycles. The summed E-state index contributed by atoms with van der Waals surface area (Å²) in [5, 5.41) is 0. The molecule has 0 aliphatic heterocycles. The van der Waals surface area contributed by atoms with E-state index in [1.165, 1.54) is 0 Å². The first-order valence-electron chi connectivity index (χ1n) is 5.85. The number of oxazole rings is 1. The number of nitrogens with one attached hydrogen (secondary N) is 1. The smallest absolute Gasteiger partial charge is 0.265 e. The molecule has 0 bridgehead atoms. The van der Waals surface area contributed by atoms with E-state index in [2.05, 4.69) is 26.3 Å². The van der Waals surface area contributed by atoms with Crippen LogP contribution in [0.5, 0.6) is 0 Å². The molecule has 0 saturated heterocycles. The molecule has 2 aromatic carbocycles. The van der Waals surface area contributed by atoms with Gasteiger partial charge in [0.15, 0.2) is 5.58 Å². The summed E-state index contributed by atoms with van der Waals surface area (Å²) in [5.41, 5.74) is 4.60. The second kappa shape index (κ2) is 5.07. The van der Waals surface area contributed by atoms with Gasteiger partial charge in [-0.25, -0.2) is 10.8 Å². The number of amides is 1. The van der Waals surface area contributed by atoms with Gasteiger partial charge in [-0.15, -0.1) is 0 Å². The van der Waals surface area contributed by atoms with E-state index in [1.54, 1.807) is 18.2 Å². The molecule has 5 nitrogen and oxygen atoms in total. The number of nitrogens with two attached hydrogens (primary N) is 1. The number of rotatable bonds is 2. The molecule has 6 heteroatoms. The molecule has 0 radical (unpaired) electrons. The van der Waals surface area contributed by atoms with Crippen LogP contribution in [-0.2, 0) is 0 Å². The Labute approximate surface area is 122 Å². The van der Waals surface area contributed by atoms with Crippen molar-refractivity contribution in [3.8, 4) is 11.5 Å². The number of hydrogen-bond donors (Lipinski definition) is 2. The monoisotopic (exact) mass is 331 g/mol. The van der Waals surface area contributed by atoms with Gasteiger partial charge in [0.2, 0.25) is 5.89 Å². The highest BCUT2D eigenvalue weighted by molar-refractivity contribution is 9.10. The molecule has 100 valence electrons. The predicted octanol–water partition coefficient (Wildman–Crippen LogP) is 2.86. The molecule has 3 rings (SSSR count). The fourth-order valence-electron chi connectivity index (χ4n) is 1.90. The van der Waals surface area contributed by atoms with E-state index in [0.29, 0.717) is 22.6 Å². The first-order chi connectivity index (χ1) is 9.69. The molecule has 0 atom stereocenters. The lowest BCUT2D eigenvalue weighted by Crippen LogP contribution is -2.29. The number of nitrogens with zero attached hydrogens (tertiary/aromatic N) is 1. The maximum atomic E-state index is 11.5. The third kappa shape index (κ3) is 2.19. The van der Waals surface area contributed by atoms with Crippen LogP contribution < -0.4 is 11.3 Å². The second-order valence-electron chi connectivity index (χ2n) is 4.15. The summed E-state index contributed by atoms with van der Waals surface area (Å²) >= 11 is 3.46. The topological polar surface area (TPSA) is 81.1 Å². The fourth-order valence-corrected chi connectivity index (χ4v) is 2.36. The van der Waals surface area contributed by atoms with Gasteiger partial charge in [-0.1, -0.05) is 12.1 Å². The molecule has 0 spiro atoms. The zero-order valence-electron chi connectivity index (χ0n) is 10.3. The van der Waals surface area contributed by atoms with Crippen LogP contribution in [0, 0.1) is 0 Å². The third-order valence-corrected chi connectivity index (χ3v) is 3.58. The summed E-state index contributed by atoms with van der Waals surface area (Å²) in [7, 11) is 0. The van der Waals surface area contributed by atoms with Crippen LogP contribution in [0.25, 0.3) is 22.6 Å². The Hall–Kier alpha value is -2.18. The van der Waals surface area contributed by atoms with Gasteiger partial charge in [0.25, 0.3) is 5.91 Å². The molecular weight excluding hydrogens is 322 g/mol. The van der Waals surface area contributed by atoms with Gasteiger partial charge in [0, 0.05) is 10.0 Å². The van der Waals surface area contributed by atoms with Gasteiger partial charge in [0.1, 0.15) is 5.52 Å². The minimum absolute atomic E-state index is 0.364. The molecule has 0 fully saturated rings. The fraction of sp³-hybridized carbons (Fsp3) is 0. The maximum absolute atomic E-state index is 11.5. The Bertz CT molecular complexity index is 798. The van der Waals surface area contributed by atoms with E-state index >= 15 is 0 Å². The lowest BCUT2D eigenvalue weighted by atomic mass is 10.2. The zero-order chi connectivity index (χ0) is 14.1. The minimum atomic E-state index is -0.364. The van der Waals surface area contributed by atoms with Gasteiger partial charge in [-0.3, -0.25) is 10.2 Å². The number of halogens is 1. The molecule has 3 aromatic rings. The van der Waals surface area contributed by atoms with Crippen molar-refractivity contribution in [2.24, 2.45) is 5.84 Å². The Balaban J connectivity index is 2.12. The van der Waals surface area contributed by atoms with Gasteiger partial charge in [-0.05, 0) is 46.3 Å². The minimum Gasteiger partial charge on any atom is -0.436 e. The first-order valence-corrected chi connectivity index (χ1v) is 6.65. The van der Waals surface area contributed by atoms with E-state index < -0.39 is 0 Å². The van der Waals surface area contributed by atoms with Crippen LogP contribution >= 0.6 is 15.9 Å². The second-order valence-corrected chi connectivity index (χ2v) is 5.01. The summed E-state index contributed by atoms with van der Waals surface area (Å²) in [5.74, 6) is 5.25. The number of aromatic nitrogens is 1. The molecule has 20 heavy (non-hydrogen) atoms. The molecule has 0 aliphatic rings. The molecule has 3 N–H and O–H groups in total. The van der Waals surface area contributed by atoms with Crippen molar-refractivity contribution in [1.82, 2.24) is 10.4 Å². The maximum Gasteiger partial charge on any atom is 0.265 e. The number of carbonyl (C=O) groups excluding carboxylic acids is 1. The van der Waals surface area contributed by atoms with Crippen LogP contribution in [0.15, 0.2) is 51.4 Å². The van der Waals surface area contributed by atoms with E-state index in [1.807, 2.05) is 24.3 Å². The summed E-state index contributed by atoms with van der Waals surface area (Å²) < 4.78 is 6.59. The van der Waals surface area contributed by atoms with Crippen molar-refractivity contribution >= 4 is 32.9 Å². The van der Waals surface area contributed by atoms with E-state index in [4.69, 9.17) is 10.3 Å². The Morgan fingerprint density at radius 3 is 2.80 bits per heavy atom. The highest BCUT2D eigenvalue weighted by Crippen LogP contribution is 2.30. The van der Waals surface area contributed by atoms with Crippen molar-refractivity contribution in [3.05, 3.63) is 52.5 Å². The van der Waals surface area contributed by atoms with Gasteiger partial charge < -0.3 is 4.42 Å². The molecule has 0 saturated carbocycles. The zero-order valence-corrected chi connectivity index (χ0v) is 11.8. The van der Waals surface area contributed by atoms with E-state index in [9.17, 15) is 4.79 Å². The van der Waals surface area contributed by atoms with Gasteiger partial charge in [0.05, 0.1) is 5.56 Å². The average molecular weight is 332 g/mol. The van der Waals surface area contributed by atoms with Crippen molar-refractivity contribution in [2.45, 2.75) is 0 Å². The normalized spacial score (nSPS) is 10.7. The van der Waals surface area contributed by atoms with Crippen molar-refractivity contribution < 1.29 is 9.21 Å². The Morgan fingerprint density at radius 2 is 2.05 bits per heavy atom. The summed E-state index contributed by atoms with van der Waals surface area (Å²) in [4.78, 5) is 15.9. The highest BCUT2D eigenvalue weighted by atomic mass is 79.9. The van der Waals surface area contributed by atoms with Crippen molar-refractivity contribution in [1.29, 1.82) is 0 Å². The highest BCUT2D eigenvalue weighted by Gasteiger charge is 2.12. The number of hydrogen-bond acceptors (Lipinski definition) is 4. The van der Waals surface area contributed by atoms with Crippen molar-refractivity contribution in [3.63, 3.8) is 0 Å². The van der Waals surface area contributed by atoms with Crippen LogP contribution in [0.2, 0.25) is 0 Å². The standard InChI is InChI=1S/C14H10BrN3O2/c15-10-4-2-1-3-9(10)14-17-11-7-8(13(19)18-16)5-6-12(11)20-14/h1-7H,16H2,(H,18,19). The van der Waals surface area contributed by atoms with Crippen LogP contribution in [0.3, 0.4) is 0 Å². The van der Waals surface area contributed by atoms with Crippen molar-refractivity contribution in [2.75, 3.05) is 0 Å². The SMILES string of the molecule is NNC(=O)c1ccc2oc(-c3ccccc3Br)nc2c1. The molecule has 0 aliphatic carbocycles. The third-order valence-electron chi connectivity index (χ3n) is 2.89. The van der Waals surface area contributed by atoms with E-state index in [-0.39, 0.29) is 5.91 Å². The van der Waals surface area contributed by atoms with Gasteiger partial charge >= 0.3 is 0 Å². The molecule has 1 aromatic heterocycles. The summed E-state index contributed by atoms with van der Waals surface area (Å²) in [6, 6.07) is 12.6. The largest absolute Gasteiger partial charge is 0.436 e. The number of nitrogen functional groups attached to an aromatic ring is 1. The van der Waals surface area contributed by atoms with Crippen LogP contribution in [0.1, 0.15) is 10.4 Å². The molecule has 1 amide bonds. The summed E-state index contributed by atoms with van der Waals surface area (Å²) in [6.07, 6.45) is 0. The lowest BCUT2D eigenvalue weighted by Gasteiger charge is -1.97.